The first kappa shape index (κ1) is 47.9. The first-order chi connectivity index (χ1) is 25.8. The van der Waals surface area contributed by atoms with Crippen molar-refractivity contribution in [2.45, 2.75) is 133 Å². The SMILES string of the molecule is CC.CCC(C)C(=O)CCC(=O)NC(C)C.CCc1ccccc1CCc1ccccc1C.CNN(C)Cc1cc2cccnc2n1CCC(=O)C(C)C. The quantitative estimate of drug-likeness (QED) is 0.105. The van der Waals surface area contributed by atoms with E-state index in [1.165, 1.54) is 22.3 Å². The molecular weight excluding hydrogens is 671 g/mol. The number of hydrogen-bond acceptors (Lipinski definition) is 6. The summed E-state index contributed by atoms with van der Waals surface area (Å²) in [4.78, 5) is 39.0. The van der Waals surface area contributed by atoms with Crippen molar-refractivity contribution in [2.75, 3.05) is 14.1 Å². The third-order valence-electron chi connectivity index (χ3n) is 9.38. The Balaban J connectivity index is 0.000000404. The van der Waals surface area contributed by atoms with Crippen LogP contribution in [0.2, 0.25) is 0 Å². The Morgan fingerprint density at radius 2 is 1.41 bits per heavy atom. The molecule has 0 bridgehead atoms. The zero-order valence-electron chi connectivity index (χ0n) is 35.6. The summed E-state index contributed by atoms with van der Waals surface area (Å²) in [5, 5.41) is 5.89. The zero-order chi connectivity index (χ0) is 40.6. The number of Topliss-reactive ketones (excluding diaryl/α,β-unsaturated/α-hetero) is 2. The molecule has 2 aromatic heterocycles. The summed E-state index contributed by atoms with van der Waals surface area (Å²) in [6, 6.07) is 23.8. The average molecular weight is 742 g/mol. The van der Waals surface area contributed by atoms with Crippen LogP contribution in [0.15, 0.2) is 72.9 Å². The number of fused-ring (bicyclic) bond motifs is 1. The number of ketones is 2. The van der Waals surface area contributed by atoms with Gasteiger partial charge in [-0.05, 0) is 94.0 Å². The number of aromatic nitrogens is 2. The summed E-state index contributed by atoms with van der Waals surface area (Å²) >= 11 is 0. The van der Waals surface area contributed by atoms with Gasteiger partial charge in [0.05, 0.1) is 6.54 Å². The third kappa shape index (κ3) is 17.3. The lowest BCUT2D eigenvalue weighted by atomic mass is 9.97. The number of nitrogens with zero attached hydrogens (tertiary/aromatic N) is 3. The maximum Gasteiger partial charge on any atom is 0.220 e. The molecule has 0 spiro atoms. The van der Waals surface area contributed by atoms with Crippen molar-refractivity contribution in [1.82, 2.24) is 25.3 Å². The van der Waals surface area contributed by atoms with Gasteiger partial charge in [0.2, 0.25) is 5.91 Å². The molecule has 8 nitrogen and oxygen atoms in total. The Morgan fingerprint density at radius 3 is 1.98 bits per heavy atom. The lowest BCUT2D eigenvalue weighted by molar-refractivity contribution is -0.127. The fourth-order valence-electron chi connectivity index (χ4n) is 5.77. The largest absolute Gasteiger partial charge is 0.354 e. The van der Waals surface area contributed by atoms with E-state index in [1.54, 1.807) is 6.20 Å². The lowest BCUT2D eigenvalue weighted by Gasteiger charge is -2.17. The van der Waals surface area contributed by atoms with Crippen LogP contribution in [0, 0.1) is 18.8 Å². The molecule has 298 valence electrons. The van der Waals surface area contributed by atoms with Gasteiger partial charge in [0.1, 0.15) is 17.2 Å². The Morgan fingerprint density at radius 1 is 0.796 bits per heavy atom. The summed E-state index contributed by atoms with van der Waals surface area (Å²) in [6.45, 7) is 21.5. The Labute approximate surface area is 327 Å². The van der Waals surface area contributed by atoms with Crippen molar-refractivity contribution in [3.8, 4) is 0 Å². The molecule has 2 aromatic carbocycles. The molecule has 1 amide bonds. The molecule has 2 heterocycles. The second-order valence-electron chi connectivity index (χ2n) is 14.2. The van der Waals surface area contributed by atoms with Crippen LogP contribution in [-0.4, -0.2) is 52.2 Å². The number of rotatable bonds is 17. The van der Waals surface area contributed by atoms with Crippen LogP contribution < -0.4 is 10.7 Å². The van der Waals surface area contributed by atoms with Gasteiger partial charge in [-0.3, -0.25) is 19.8 Å². The summed E-state index contributed by atoms with van der Waals surface area (Å²) in [6.07, 6.45) is 7.31. The number of nitrogens with one attached hydrogen (secondary N) is 2. The van der Waals surface area contributed by atoms with Crippen molar-refractivity contribution in [1.29, 1.82) is 0 Å². The molecule has 1 unspecified atom stereocenters. The smallest absolute Gasteiger partial charge is 0.220 e. The van der Waals surface area contributed by atoms with E-state index < -0.39 is 0 Å². The fourth-order valence-corrected chi connectivity index (χ4v) is 5.77. The van der Waals surface area contributed by atoms with Gasteiger partial charge >= 0.3 is 0 Å². The molecule has 0 aliphatic rings. The summed E-state index contributed by atoms with van der Waals surface area (Å²) in [7, 11) is 3.89. The highest BCUT2D eigenvalue weighted by atomic mass is 16.2. The van der Waals surface area contributed by atoms with Crippen molar-refractivity contribution in [3.63, 3.8) is 0 Å². The number of carbonyl (C=O) groups excluding carboxylic acids is 3. The number of aryl methyl sites for hydroxylation is 5. The number of benzene rings is 2. The molecule has 0 radical (unpaired) electrons. The van der Waals surface area contributed by atoms with E-state index in [1.807, 2.05) is 80.6 Å². The third-order valence-corrected chi connectivity index (χ3v) is 9.38. The van der Waals surface area contributed by atoms with Gasteiger partial charge in [0.15, 0.2) is 0 Å². The Kier molecular flexibility index (Phi) is 23.6. The molecular formula is C46H71N5O3. The Bertz CT molecular complexity index is 1680. The summed E-state index contributed by atoms with van der Waals surface area (Å²) < 4.78 is 2.16. The van der Waals surface area contributed by atoms with Gasteiger partial charge in [-0.25, -0.2) is 9.99 Å². The van der Waals surface area contributed by atoms with Crippen LogP contribution >= 0.6 is 0 Å². The molecule has 4 aromatic rings. The van der Waals surface area contributed by atoms with Gasteiger partial charge < -0.3 is 9.88 Å². The first-order valence-electron chi connectivity index (χ1n) is 20.1. The van der Waals surface area contributed by atoms with E-state index in [0.717, 1.165) is 49.0 Å². The van der Waals surface area contributed by atoms with Crippen LogP contribution in [0.3, 0.4) is 0 Å². The minimum Gasteiger partial charge on any atom is -0.354 e. The van der Waals surface area contributed by atoms with Crippen LogP contribution in [0.1, 0.15) is 116 Å². The van der Waals surface area contributed by atoms with Crippen LogP contribution in [-0.2, 0) is 46.7 Å². The van der Waals surface area contributed by atoms with E-state index >= 15 is 0 Å². The first-order valence-corrected chi connectivity index (χ1v) is 20.1. The highest BCUT2D eigenvalue weighted by Crippen LogP contribution is 2.20. The molecule has 2 N–H and O–H groups in total. The van der Waals surface area contributed by atoms with Gasteiger partial charge in [0.25, 0.3) is 0 Å². The second-order valence-corrected chi connectivity index (χ2v) is 14.2. The number of carbonyl (C=O) groups is 3. The molecule has 0 saturated heterocycles. The lowest BCUT2D eigenvalue weighted by Crippen LogP contribution is -2.31. The second kappa shape index (κ2) is 26.6. The van der Waals surface area contributed by atoms with Gasteiger partial charge in [-0.1, -0.05) is 97.0 Å². The zero-order valence-corrected chi connectivity index (χ0v) is 35.6. The fraction of sp³-hybridized carbons (Fsp3) is 0.522. The van der Waals surface area contributed by atoms with Crippen molar-refractivity contribution >= 4 is 28.5 Å². The molecule has 54 heavy (non-hydrogen) atoms. The minimum atomic E-state index is -0.0309. The molecule has 0 saturated carbocycles. The Hall–Kier alpha value is -4.14. The highest BCUT2D eigenvalue weighted by molar-refractivity contribution is 5.86. The van der Waals surface area contributed by atoms with Crippen molar-refractivity contribution in [2.24, 2.45) is 11.8 Å². The van der Waals surface area contributed by atoms with E-state index in [0.29, 0.717) is 31.6 Å². The van der Waals surface area contributed by atoms with Gasteiger partial charge in [-0.2, -0.15) is 0 Å². The van der Waals surface area contributed by atoms with E-state index in [9.17, 15) is 14.4 Å². The molecule has 4 rings (SSSR count). The van der Waals surface area contributed by atoms with Crippen LogP contribution in [0.4, 0.5) is 0 Å². The van der Waals surface area contributed by atoms with Crippen molar-refractivity contribution in [3.05, 3.63) is 101 Å². The minimum absolute atomic E-state index is 0.0309. The monoisotopic (exact) mass is 742 g/mol. The van der Waals surface area contributed by atoms with Crippen molar-refractivity contribution < 1.29 is 14.4 Å². The topological polar surface area (TPSA) is 96.3 Å². The number of hydrogen-bond donors (Lipinski definition) is 2. The summed E-state index contributed by atoms with van der Waals surface area (Å²) in [5.74, 6) is 0.619. The molecule has 8 heteroatoms. The molecule has 0 fully saturated rings. The molecule has 1 atom stereocenters. The predicted octanol–water partition coefficient (Wildman–Crippen LogP) is 9.49. The van der Waals surface area contributed by atoms with Gasteiger partial charge in [-0.15, -0.1) is 0 Å². The normalized spacial score (nSPS) is 11.2. The van der Waals surface area contributed by atoms with E-state index in [4.69, 9.17) is 0 Å². The van der Waals surface area contributed by atoms with Gasteiger partial charge in [0, 0.05) is 68.0 Å². The van der Waals surface area contributed by atoms with Crippen LogP contribution in [0.5, 0.6) is 0 Å². The maximum absolute atomic E-state index is 11.9. The highest BCUT2D eigenvalue weighted by Gasteiger charge is 2.15. The average Bonchev–Trinajstić information content (AvgIpc) is 3.52. The standard InChI is InChI=1S/C17H20.C16H24N4O.C11H21NO2.C2H6/c1-3-15-9-6-7-11-17(15)13-12-16-10-5-4-8-14(16)2;1-12(2)15(21)7-9-20-14(11-19(4)17-3)10-13-6-5-8-18-16(13)20;1-5-9(4)10(13)6-7-11(14)12-8(2)3;1-2/h4-11H,3,12-13H2,1-2H3;5-6,8,10,12,17H,7,9,11H2,1-4H3;8-9H,5-7H2,1-4H3,(H,12,14);1-2H3. The number of pyridine rings is 1. The predicted molar refractivity (Wildman–Crippen MR) is 227 cm³/mol. The maximum atomic E-state index is 11.9. The number of hydrazine groups is 1. The van der Waals surface area contributed by atoms with Crippen LogP contribution in [0.25, 0.3) is 11.0 Å². The number of amides is 1. The van der Waals surface area contributed by atoms with E-state index in [-0.39, 0.29) is 29.6 Å². The van der Waals surface area contributed by atoms with E-state index in [2.05, 4.69) is 94.8 Å². The molecule has 0 aliphatic carbocycles. The summed E-state index contributed by atoms with van der Waals surface area (Å²) in [5.41, 5.74) is 11.1. The molecule has 0 aliphatic heterocycles.